The molecule has 0 aliphatic heterocycles. The summed E-state index contributed by atoms with van der Waals surface area (Å²) in [5.74, 6) is 1.56. The van der Waals surface area contributed by atoms with Crippen LogP contribution in [0.3, 0.4) is 0 Å². The van der Waals surface area contributed by atoms with Crippen LogP contribution in [-0.2, 0) is 6.54 Å². The summed E-state index contributed by atoms with van der Waals surface area (Å²) in [6.45, 7) is 6.14. The first-order valence-corrected chi connectivity index (χ1v) is 7.12. The third kappa shape index (κ3) is 3.55. The smallest absolute Gasteiger partial charge is 0.126 e. The van der Waals surface area contributed by atoms with Gasteiger partial charge in [-0.1, -0.05) is 38.3 Å². The minimum Gasteiger partial charge on any atom is -0.312 e. The normalized spacial score (nSPS) is 24.2. The summed E-state index contributed by atoms with van der Waals surface area (Å²) in [7, 11) is 0. The summed E-state index contributed by atoms with van der Waals surface area (Å²) >= 11 is 0. The zero-order valence-electron chi connectivity index (χ0n) is 11.5. The number of hydrogen-bond acceptors (Lipinski definition) is 1. The Morgan fingerprint density at radius 1 is 1.28 bits per heavy atom. The second kappa shape index (κ2) is 6.33. The summed E-state index contributed by atoms with van der Waals surface area (Å²) in [5.41, 5.74) is 1.91. The average molecular weight is 249 g/mol. The largest absolute Gasteiger partial charge is 0.312 e. The molecule has 0 aromatic heterocycles. The summed E-state index contributed by atoms with van der Waals surface area (Å²) in [6.07, 6.45) is 5.51. The predicted molar refractivity (Wildman–Crippen MR) is 74.0 cm³/mol. The van der Waals surface area contributed by atoms with Crippen molar-refractivity contribution in [1.29, 1.82) is 0 Å². The van der Waals surface area contributed by atoms with E-state index in [0.29, 0.717) is 0 Å². The number of halogens is 1. The molecule has 1 aliphatic rings. The molecule has 1 nitrogen and oxygen atoms in total. The van der Waals surface area contributed by atoms with E-state index in [4.69, 9.17) is 0 Å². The van der Waals surface area contributed by atoms with Crippen molar-refractivity contribution < 1.29 is 4.39 Å². The maximum atomic E-state index is 13.1. The van der Waals surface area contributed by atoms with Crippen LogP contribution in [0.1, 0.15) is 43.7 Å². The molecule has 18 heavy (non-hydrogen) atoms. The van der Waals surface area contributed by atoms with Gasteiger partial charge >= 0.3 is 0 Å². The van der Waals surface area contributed by atoms with Crippen molar-refractivity contribution >= 4 is 0 Å². The van der Waals surface area contributed by atoms with Crippen LogP contribution in [0.2, 0.25) is 0 Å². The number of benzene rings is 1. The Morgan fingerprint density at radius 2 is 2.06 bits per heavy atom. The second-order valence-corrected chi connectivity index (χ2v) is 5.74. The van der Waals surface area contributed by atoms with Crippen molar-refractivity contribution in [2.45, 2.75) is 46.1 Å². The predicted octanol–water partition coefficient (Wildman–Crippen LogP) is 4.05. The zero-order chi connectivity index (χ0) is 13.0. The average Bonchev–Trinajstić information content (AvgIpc) is 2.36. The van der Waals surface area contributed by atoms with E-state index in [9.17, 15) is 4.39 Å². The van der Waals surface area contributed by atoms with Crippen LogP contribution in [0.25, 0.3) is 0 Å². The quantitative estimate of drug-likeness (QED) is 0.849. The van der Waals surface area contributed by atoms with Gasteiger partial charge in [0.05, 0.1) is 0 Å². The Labute approximate surface area is 110 Å². The highest BCUT2D eigenvalue weighted by molar-refractivity contribution is 5.23. The molecule has 2 rings (SSSR count). The molecule has 0 saturated heterocycles. The van der Waals surface area contributed by atoms with Gasteiger partial charge in [0.15, 0.2) is 0 Å². The molecule has 1 aliphatic carbocycles. The molecule has 2 heteroatoms. The van der Waals surface area contributed by atoms with Crippen LogP contribution in [0.15, 0.2) is 18.2 Å². The standard InChI is InChI=1S/C16H24FN/c1-12-5-3-4-6-15(12)11-18-10-14-7-8-16(17)13(2)9-14/h7-9,12,15,18H,3-6,10-11H2,1-2H3. The molecule has 1 N–H and O–H groups in total. The second-order valence-electron chi connectivity index (χ2n) is 5.74. The number of aryl methyl sites for hydroxylation is 1. The van der Waals surface area contributed by atoms with Crippen molar-refractivity contribution in [3.05, 3.63) is 35.1 Å². The number of hydrogen-bond donors (Lipinski definition) is 1. The first-order valence-electron chi connectivity index (χ1n) is 7.12. The fourth-order valence-electron chi connectivity index (χ4n) is 2.91. The van der Waals surface area contributed by atoms with Crippen LogP contribution < -0.4 is 5.32 Å². The van der Waals surface area contributed by atoms with Crippen LogP contribution in [0.4, 0.5) is 4.39 Å². The third-order valence-electron chi connectivity index (χ3n) is 4.25. The zero-order valence-corrected chi connectivity index (χ0v) is 11.5. The van der Waals surface area contributed by atoms with Gasteiger partial charge in [-0.3, -0.25) is 0 Å². The van der Waals surface area contributed by atoms with E-state index < -0.39 is 0 Å². The van der Waals surface area contributed by atoms with Gasteiger partial charge < -0.3 is 5.32 Å². The first kappa shape index (κ1) is 13.5. The minimum absolute atomic E-state index is 0.111. The monoisotopic (exact) mass is 249 g/mol. The molecule has 100 valence electrons. The molecular weight excluding hydrogens is 225 g/mol. The van der Waals surface area contributed by atoms with Gasteiger partial charge in [-0.15, -0.1) is 0 Å². The first-order chi connectivity index (χ1) is 8.66. The number of nitrogens with one attached hydrogen (secondary N) is 1. The van der Waals surface area contributed by atoms with Crippen molar-refractivity contribution in [2.24, 2.45) is 11.8 Å². The van der Waals surface area contributed by atoms with Crippen LogP contribution >= 0.6 is 0 Å². The van der Waals surface area contributed by atoms with E-state index >= 15 is 0 Å². The Kier molecular flexibility index (Phi) is 4.76. The summed E-state index contributed by atoms with van der Waals surface area (Å²) < 4.78 is 13.1. The van der Waals surface area contributed by atoms with Gasteiger partial charge in [-0.25, -0.2) is 4.39 Å². The van der Waals surface area contributed by atoms with Gasteiger partial charge in [-0.2, -0.15) is 0 Å². The van der Waals surface area contributed by atoms with Crippen molar-refractivity contribution in [1.82, 2.24) is 5.32 Å². The lowest BCUT2D eigenvalue weighted by atomic mass is 9.80. The van der Waals surface area contributed by atoms with E-state index in [0.717, 1.165) is 30.5 Å². The van der Waals surface area contributed by atoms with Crippen molar-refractivity contribution in [3.63, 3.8) is 0 Å². The van der Waals surface area contributed by atoms with Crippen LogP contribution in [-0.4, -0.2) is 6.54 Å². The van der Waals surface area contributed by atoms with E-state index in [1.54, 1.807) is 6.07 Å². The SMILES string of the molecule is Cc1cc(CNCC2CCCCC2C)ccc1F. The molecule has 0 radical (unpaired) electrons. The summed E-state index contributed by atoms with van der Waals surface area (Å²) in [6, 6.07) is 5.38. The molecule has 1 saturated carbocycles. The Morgan fingerprint density at radius 3 is 2.78 bits per heavy atom. The Balaban J connectivity index is 1.79. The highest BCUT2D eigenvalue weighted by atomic mass is 19.1. The molecule has 0 bridgehead atoms. The molecule has 1 aromatic carbocycles. The van der Waals surface area contributed by atoms with Gasteiger partial charge in [-0.05, 0) is 48.9 Å². The molecule has 0 heterocycles. The Bertz CT molecular complexity index is 389. The molecule has 2 atom stereocenters. The van der Waals surface area contributed by atoms with Gasteiger partial charge in [0.2, 0.25) is 0 Å². The van der Waals surface area contributed by atoms with E-state index in [-0.39, 0.29) is 5.82 Å². The molecule has 0 spiro atoms. The van der Waals surface area contributed by atoms with Gasteiger partial charge in [0.25, 0.3) is 0 Å². The van der Waals surface area contributed by atoms with E-state index in [1.807, 2.05) is 19.1 Å². The highest BCUT2D eigenvalue weighted by Crippen LogP contribution is 2.28. The maximum absolute atomic E-state index is 13.1. The van der Waals surface area contributed by atoms with Crippen LogP contribution in [0.5, 0.6) is 0 Å². The van der Waals surface area contributed by atoms with Crippen LogP contribution in [0, 0.1) is 24.6 Å². The van der Waals surface area contributed by atoms with E-state index in [1.165, 1.54) is 31.2 Å². The fraction of sp³-hybridized carbons (Fsp3) is 0.625. The Hall–Kier alpha value is -0.890. The lowest BCUT2D eigenvalue weighted by molar-refractivity contribution is 0.247. The summed E-state index contributed by atoms with van der Waals surface area (Å²) in [5, 5.41) is 3.53. The van der Waals surface area contributed by atoms with Gasteiger partial charge in [0.1, 0.15) is 5.82 Å². The highest BCUT2D eigenvalue weighted by Gasteiger charge is 2.20. The van der Waals surface area contributed by atoms with Gasteiger partial charge in [0, 0.05) is 6.54 Å². The van der Waals surface area contributed by atoms with E-state index in [2.05, 4.69) is 12.2 Å². The summed E-state index contributed by atoms with van der Waals surface area (Å²) in [4.78, 5) is 0. The fourth-order valence-corrected chi connectivity index (χ4v) is 2.91. The third-order valence-corrected chi connectivity index (χ3v) is 4.25. The topological polar surface area (TPSA) is 12.0 Å². The molecule has 1 fully saturated rings. The molecular formula is C16H24FN. The lowest BCUT2D eigenvalue weighted by Gasteiger charge is -2.28. The van der Waals surface area contributed by atoms with Crippen molar-refractivity contribution in [2.75, 3.05) is 6.54 Å². The van der Waals surface area contributed by atoms with Crippen molar-refractivity contribution in [3.8, 4) is 0 Å². The number of rotatable bonds is 4. The minimum atomic E-state index is -0.111. The molecule has 2 unspecified atom stereocenters. The molecule has 1 aromatic rings. The maximum Gasteiger partial charge on any atom is 0.126 e. The lowest BCUT2D eigenvalue weighted by Crippen LogP contribution is -2.29. The molecule has 0 amide bonds.